The van der Waals surface area contributed by atoms with E-state index < -0.39 is 0 Å². The minimum atomic E-state index is -0.186. The van der Waals surface area contributed by atoms with Gasteiger partial charge >= 0.3 is 0 Å². The van der Waals surface area contributed by atoms with E-state index in [-0.39, 0.29) is 5.54 Å². The molecule has 96 valence electrons. The van der Waals surface area contributed by atoms with Crippen LogP contribution in [0.15, 0.2) is 30.5 Å². The zero-order valence-corrected chi connectivity index (χ0v) is 11.0. The van der Waals surface area contributed by atoms with Gasteiger partial charge in [-0.1, -0.05) is 32.0 Å². The molecule has 1 aromatic carbocycles. The smallest absolute Gasteiger partial charge is 0.223 e. The Bertz CT molecular complexity index is 520. The third kappa shape index (κ3) is 2.76. The van der Waals surface area contributed by atoms with Crippen LogP contribution in [0.1, 0.15) is 26.7 Å². The fourth-order valence-electron chi connectivity index (χ4n) is 1.81. The number of nitrogens with zero attached hydrogens (tertiary/aromatic N) is 2. The molecule has 0 bridgehead atoms. The van der Waals surface area contributed by atoms with E-state index in [1.165, 1.54) is 0 Å². The Balaban J connectivity index is 2.12. The number of anilines is 1. The summed E-state index contributed by atoms with van der Waals surface area (Å²) in [4.78, 5) is 8.77. The van der Waals surface area contributed by atoms with Gasteiger partial charge in [-0.25, -0.2) is 9.97 Å². The van der Waals surface area contributed by atoms with Gasteiger partial charge in [0.15, 0.2) is 0 Å². The van der Waals surface area contributed by atoms with E-state index >= 15 is 0 Å². The lowest BCUT2D eigenvalue weighted by atomic mass is 9.94. The van der Waals surface area contributed by atoms with E-state index in [4.69, 9.17) is 5.73 Å². The molecule has 1 heterocycles. The minimum Gasteiger partial charge on any atom is -0.352 e. The Labute approximate surface area is 108 Å². The maximum Gasteiger partial charge on any atom is 0.223 e. The number of rotatable bonds is 5. The molecule has 0 saturated carbocycles. The van der Waals surface area contributed by atoms with E-state index in [2.05, 4.69) is 29.1 Å². The number of hydrogen-bond acceptors (Lipinski definition) is 4. The molecule has 0 radical (unpaired) electrons. The highest BCUT2D eigenvalue weighted by atomic mass is 15.1. The van der Waals surface area contributed by atoms with Gasteiger partial charge in [0.1, 0.15) is 0 Å². The molecule has 0 atom stereocenters. The third-order valence-corrected chi connectivity index (χ3v) is 3.50. The summed E-state index contributed by atoms with van der Waals surface area (Å²) in [7, 11) is 0. The predicted molar refractivity (Wildman–Crippen MR) is 75.5 cm³/mol. The molecule has 0 fully saturated rings. The first-order valence-electron chi connectivity index (χ1n) is 6.41. The molecular weight excluding hydrogens is 224 g/mol. The minimum absolute atomic E-state index is 0.186. The van der Waals surface area contributed by atoms with Gasteiger partial charge in [-0.2, -0.15) is 0 Å². The van der Waals surface area contributed by atoms with Crippen molar-refractivity contribution in [3.63, 3.8) is 0 Å². The van der Waals surface area contributed by atoms with Gasteiger partial charge in [-0.15, -0.1) is 0 Å². The number of benzene rings is 1. The van der Waals surface area contributed by atoms with Gasteiger partial charge in [0.25, 0.3) is 0 Å². The maximum absolute atomic E-state index is 6.24. The quantitative estimate of drug-likeness (QED) is 0.848. The Morgan fingerprint density at radius 3 is 2.67 bits per heavy atom. The van der Waals surface area contributed by atoms with E-state index in [1.807, 2.05) is 30.5 Å². The third-order valence-electron chi connectivity index (χ3n) is 3.50. The second kappa shape index (κ2) is 5.31. The van der Waals surface area contributed by atoms with Crippen LogP contribution in [0.2, 0.25) is 0 Å². The fraction of sp³-hybridized carbons (Fsp3) is 0.429. The van der Waals surface area contributed by atoms with Gasteiger partial charge in [0, 0.05) is 23.7 Å². The summed E-state index contributed by atoms with van der Waals surface area (Å²) in [5.74, 6) is 0.644. The molecule has 2 aromatic rings. The maximum atomic E-state index is 6.24. The second-order valence-corrected chi connectivity index (χ2v) is 4.68. The first kappa shape index (κ1) is 12.8. The van der Waals surface area contributed by atoms with Gasteiger partial charge in [0.2, 0.25) is 5.95 Å². The number of fused-ring (bicyclic) bond motifs is 1. The molecule has 0 aliphatic rings. The number of nitrogens with two attached hydrogens (primary N) is 1. The molecule has 0 saturated heterocycles. The molecule has 4 nitrogen and oxygen atoms in total. The second-order valence-electron chi connectivity index (χ2n) is 4.68. The van der Waals surface area contributed by atoms with E-state index in [1.54, 1.807) is 0 Å². The Hall–Kier alpha value is -1.68. The van der Waals surface area contributed by atoms with Crippen LogP contribution in [0.3, 0.4) is 0 Å². The van der Waals surface area contributed by atoms with Crippen molar-refractivity contribution in [2.75, 3.05) is 11.9 Å². The Morgan fingerprint density at radius 1 is 1.22 bits per heavy atom. The van der Waals surface area contributed by atoms with Crippen molar-refractivity contribution in [2.24, 2.45) is 5.73 Å². The van der Waals surface area contributed by atoms with Crippen LogP contribution < -0.4 is 11.1 Å². The van der Waals surface area contributed by atoms with Crippen LogP contribution in [-0.4, -0.2) is 22.1 Å². The molecule has 4 heteroatoms. The van der Waals surface area contributed by atoms with Crippen molar-refractivity contribution in [3.8, 4) is 0 Å². The van der Waals surface area contributed by atoms with Crippen molar-refractivity contribution in [2.45, 2.75) is 32.2 Å². The average molecular weight is 244 g/mol. The summed E-state index contributed by atoms with van der Waals surface area (Å²) in [6.07, 6.45) is 3.70. The highest BCUT2D eigenvalue weighted by molar-refractivity contribution is 5.78. The largest absolute Gasteiger partial charge is 0.352 e. The zero-order chi connectivity index (χ0) is 13.0. The molecule has 2 rings (SSSR count). The van der Waals surface area contributed by atoms with E-state index in [0.29, 0.717) is 12.5 Å². The topological polar surface area (TPSA) is 63.8 Å². The van der Waals surface area contributed by atoms with Gasteiger partial charge in [-0.05, 0) is 18.9 Å². The lowest BCUT2D eigenvalue weighted by Crippen LogP contribution is -2.45. The lowest BCUT2D eigenvalue weighted by Gasteiger charge is -2.26. The summed E-state index contributed by atoms with van der Waals surface area (Å²) in [5, 5.41) is 4.28. The molecular formula is C14H20N4. The molecule has 0 aliphatic carbocycles. The molecule has 0 unspecified atom stereocenters. The normalized spacial score (nSPS) is 11.7. The summed E-state index contributed by atoms with van der Waals surface area (Å²) >= 11 is 0. The van der Waals surface area contributed by atoms with Crippen molar-refractivity contribution in [3.05, 3.63) is 30.5 Å². The monoisotopic (exact) mass is 244 g/mol. The van der Waals surface area contributed by atoms with Crippen LogP contribution in [0, 0.1) is 0 Å². The molecule has 1 aromatic heterocycles. The van der Waals surface area contributed by atoms with Crippen molar-refractivity contribution in [1.29, 1.82) is 0 Å². The molecule has 0 amide bonds. The van der Waals surface area contributed by atoms with Crippen molar-refractivity contribution in [1.82, 2.24) is 9.97 Å². The fourth-order valence-corrected chi connectivity index (χ4v) is 1.81. The number of para-hydroxylation sites is 1. The molecule has 0 aliphatic heterocycles. The zero-order valence-electron chi connectivity index (χ0n) is 11.0. The summed E-state index contributed by atoms with van der Waals surface area (Å²) in [6, 6.07) is 7.95. The first-order chi connectivity index (χ1) is 8.67. The van der Waals surface area contributed by atoms with Gasteiger partial charge in [0.05, 0.1) is 5.52 Å². The highest BCUT2D eigenvalue weighted by Gasteiger charge is 2.19. The van der Waals surface area contributed by atoms with Gasteiger partial charge < -0.3 is 11.1 Å². The SMILES string of the molecule is CCC(N)(CC)CNc1ncc2ccccc2n1. The van der Waals surface area contributed by atoms with Crippen LogP contribution in [0.25, 0.3) is 10.9 Å². The van der Waals surface area contributed by atoms with Crippen LogP contribution >= 0.6 is 0 Å². The van der Waals surface area contributed by atoms with Gasteiger partial charge in [-0.3, -0.25) is 0 Å². The number of nitrogens with one attached hydrogen (secondary N) is 1. The molecule has 18 heavy (non-hydrogen) atoms. The lowest BCUT2D eigenvalue weighted by molar-refractivity contribution is 0.417. The summed E-state index contributed by atoms with van der Waals surface area (Å²) in [5.41, 5.74) is 7.00. The summed E-state index contributed by atoms with van der Waals surface area (Å²) in [6.45, 7) is 4.90. The van der Waals surface area contributed by atoms with Crippen molar-refractivity contribution < 1.29 is 0 Å². The molecule has 0 spiro atoms. The highest BCUT2D eigenvalue weighted by Crippen LogP contribution is 2.14. The average Bonchev–Trinajstić information content (AvgIpc) is 2.44. The Morgan fingerprint density at radius 2 is 1.94 bits per heavy atom. The van der Waals surface area contributed by atoms with E-state index in [0.717, 1.165) is 23.7 Å². The summed E-state index contributed by atoms with van der Waals surface area (Å²) < 4.78 is 0. The van der Waals surface area contributed by atoms with Crippen LogP contribution in [-0.2, 0) is 0 Å². The predicted octanol–water partition coefficient (Wildman–Crippen LogP) is 2.56. The number of hydrogen-bond donors (Lipinski definition) is 2. The Kier molecular flexibility index (Phi) is 3.77. The van der Waals surface area contributed by atoms with Crippen LogP contribution in [0.4, 0.5) is 5.95 Å². The standard InChI is InChI=1S/C14H20N4/c1-3-14(15,4-2)10-17-13-16-9-11-7-5-6-8-12(11)18-13/h5-9H,3-4,10,15H2,1-2H3,(H,16,17,18). The first-order valence-corrected chi connectivity index (χ1v) is 6.41. The van der Waals surface area contributed by atoms with Crippen molar-refractivity contribution >= 4 is 16.9 Å². The molecule has 3 N–H and O–H groups in total. The number of aromatic nitrogens is 2. The van der Waals surface area contributed by atoms with E-state index in [9.17, 15) is 0 Å². The van der Waals surface area contributed by atoms with Crippen LogP contribution in [0.5, 0.6) is 0 Å².